The summed E-state index contributed by atoms with van der Waals surface area (Å²) in [6.45, 7) is 4.62. The number of hydrogen-bond donors (Lipinski definition) is 3. The van der Waals surface area contributed by atoms with Gasteiger partial charge in [0.15, 0.2) is 5.11 Å². The average Bonchev–Trinajstić information content (AvgIpc) is 2.86. The van der Waals surface area contributed by atoms with E-state index in [1.807, 2.05) is 30.3 Å². The number of benzene rings is 3. The smallest absolute Gasteiger partial charge is 0.257 e. The highest BCUT2D eigenvalue weighted by Gasteiger charge is 2.13. The molecule has 0 saturated heterocycles. The van der Waals surface area contributed by atoms with Crippen molar-refractivity contribution in [3.05, 3.63) is 103 Å². The van der Waals surface area contributed by atoms with E-state index in [0.717, 1.165) is 5.75 Å². The van der Waals surface area contributed by atoms with E-state index in [1.54, 1.807) is 54.6 Å². The van der Waals surface area contributed by atoms with Crippen molar-refractivity contribution in [3.8, 4) is 11.5 Å². The molecule has 34 heavy (non-hydrogen) atoms. The van der Waals surface area contributed by atoms with Crippen molar-refractivity contribution in [2.45, 2.75) is 0 Å². The summed E-state index contributed by atoms with van der Waals surface area (Å²) in [6.07, 6.45) is 1.59. The molecular formula is C26H25N3O4S. The SMILES string of the molecule is C=CCNC(=O)c1ccccc1NC(=S)NC(=O)c1cccc(OCCOc2ccccc2)c1. The molecule has 0 aromatic heterocycles. The van der Waals surface area contributed by atoms with E-state index in [9.17, 15) is 9.59 Å². The Morgan fingerprint density at radius 2 is 1.53 bits per heavy atom. The number of carbonyl (C=O) groups excluding carboxylic acids is 2. The van der Waals surface area contributed by atoms with Gasteiger partial charge in [0.1, 0.15) is 24.7 Å². The third kappa shape index (κ3) is 7.46. The van der Waals surface area contributed by atoms with E-state index < -0.39 is 5.91 Å². The van der Waals surface area contributed by atoms with Crippen molar-refractivity contribution >= 4 is 34.8 Å². The highest BCUT2D eigenvalue weighted by molar-refractivity contribution is 7.80. The first-order valence-electron chi connectivity index (χ1n) is 10.6. The maximum atomic E-state index is 12.7. The molecule has 0 heterocycles. The predicted octanol–water partition coefficient (Wildman–Crippen LogP) is 4.19. The summed E-state index contributed by atoms with van der Waals surface area (Å²) in [6, 6.07) is 23.1. The summed E-state index contributed by atoms with van der Waals surface area (Å²) < 4.78 is 11.3. The Balaban J connectivity index is 1.53. The van der Waals surface area contributed by atoms with Gasteiger partial charge in [0.05, 0.1) is 11.3 Å². The van der Waals surface area contributed by atoms with Gasteiger partial charge in [-0.05, 0) is 54.7 Å². The second-order valence-electron chi connectivity index (χ2n) is 6.99. The van der Waals surface area contributed by atoms with Crippen LogP contribution in [-0.2, 0) is 0 Å². The number of anilines is 1. The van der Waals surface area contributed by atoms with Crippen LogP contribution in [0.4, 0.5) is 5.69 Å². The van der Waals surface area contributed by atoms with E-state index in [4.69, 9.17) is 21.7 Å². The molecule has 0 bridgehead atoms. The minimum absolute atomic E-state index is 0.0663. The highest BCUT2D eigenvalue weighted by Crippen LogP contribution is 2.16. The summed E-state index contributed by atoms with van der Waals surface area (Å²) in [5.74, 6) is 0.614. The van der Waals surface area contributed by atoms with Crippen LogP contribution in [0.15, 0.2) is 91.5 Å². The van der Waals surface area contributed by atoms with Gasteiger partial charge >= 0.3 is 0 Å². The molecule has 0 saturated carbocycles. The third-order valence-corrected chi connectivity index (χ3v) is 4.72. The number of thiocarbonyl (C=S) groups is 1. The van der Waals surface area contributed by atoms with E-state index in [-0.39, 0.29) is 11.0 Å². The number of carbonyl (C=O) groups is 2. The number of para-hydroxylation sites is 2. The lowest BCUT2D eigenvalue weighted by atomic mass is 10.1. The topological polar surface area (TPSA) is 88.7 Å². The third-order valence-electron chi connectivity index (χ3n) is 4.51. The zero-order chi connectivity index (χ0) is 24.2. The van der Waals surface area contributed by atoms with Gasteiger partial charge in [-0.3, -0.25) is 14.9 Å². The molecular weight excluding hydrogens is 450 g/mol. The maximum absolute atomic E-state index is 12.7. The van der Waals surface area contributed by atoms with Gasteiger partial charge in [0.2, 0.25) is 0 Å². The van der Waals surface area contributed by atoms with Crippen LogP contribution < -0.4 is 25.4 Å². The Morgan fingerprint density at radius 1 is 0.853 bits per heavy atom. The second-order valence-corrected chi connectivity index (χ2v) is 7.40. The molecule has 0 aliphatic carbocycles. The van der Waals surface area contributed by atoms with E-state index in [0.29, 0.717) is 42.3 Å². The predicted molar refractivity (Wildman–Crippen MR) is 137 cm³/mol. The minimum Gasteiger partial charge on any atom is -0.490 e. The Bertz CT molecular complexity index is 1150. The maximum Gasteiger partial charge on any atom is 0.257 e. The van der Waals surface area contributed by atoms with Crippen LogP contribution in [0.1, 0.15) is 20.7 Å². The standard InChI is InChI=1S/C26H25N3O4S/c1-2-15-27-25(31)22-13-6-7-14-23(22)28-26(34)29-24(30)19-9-8-12-21(18-19)33-17-16-32-20-10-4-3-5-11-20/h2-14,18H,1,15-17H2,(H,27,31)(H2,28,29,30,34). The highest BCUT2D eigenvalue weighted by atomic mass is 32.1. The fraction of sp³-hybridized carbons (Fsp3) is 0.115. The van der Waals surface area contributed by atoms with Crippen LogP contribution in [0.5, 0.6) is 11.5 Å². The quantitative estimate of drug-likeness (QED) is 0.232. The van der Waals surface area contributed by atoms with Crippen molar-refractivity contribution in [1.29, 1.82) is 0 Å². The first-order chi connectivity index (χ1) is 16.6. The summed E-state index contributed by atoms with van der Waals surface area (Å²) in [5, 5.41) is 8.31. The van der Waals surface area contributed by atoms with E-state index in [2.05, 4.69) is 22.5 Å². The van der Waals surface area contributed by atoms with Crippen LogP contribution in [0, 0.1) is 0 Å². The lowest BCUT2D eigenvalue weighted by Gasteiger charge is -2.14. The largest absolute Gasteiger partial charge is 0.490 e. The second kappa shape index (κ2) is 12.8. The van der Waals surface area contributed by atoms with Crippen LogP contribution in [-0.4, -0.2) is 36.7 Å². The summed E-state index contributed by atoms with van der Waals surface area (Å²) in [7, 11) is 0. The normalized spacial score (nSPS) is 10.0. The van der Waals surface area contributed by atoms with Gasteiger partial charge in [-0.1, -0.05) is 42.5 Å². The summed E-state index contributed by atoms with van der Waals surface area (Å²) in [4.78, 5) is 25.0. The van der Waals surface area contributed by atoms with Crippen LogP contribution in [0.3, 0.4) is 0 Å². The van der Waals surface area contributed by atoms with Crippen molar-refractivity contribution in [3.63, 3.8) is 0 Å². The number of rotatable bonds is 10. The summed E-state index contributed by atoms with van der Waals surface area (Å²) in [5.41, 5.74) is 1.25. The average molecular weight is 476 g/mol. The molecule has 3 N–H and O–H groups in total. The molecule has 0 spiro atoms. The van der Waals surface area contributed by atoms with Gasteiger partial charge < -0.3 is 20.1 Å². The van der Waals surface area contributed by atoms with Crippen molar-refractivity contribution < 1.29 is 19.1 Å². The van der Waals surface area contributed by atoms with Crippen LogP contribution in [0.25, 0.3) is 0 Å². The van der Waals surface area contributed by atoms with Crippen LogP contribution >= 0.6 is 12.2 Å². The fourth-order valence-electron chi connectivity index (χ4n) is 2.94. The Labute approximate surface area is 203 Å². The molecule has 0 radical (unpaired) electrons. The molecule has 3 aromatic carbocycles. The lowest BCUT2D eigenvalue weighted by molar-refractivity contribution is 0.0956. The minimum atomic E-state index is -0.405. The first kappa shape index (κ1) is 24.5. The number of hydrogen-bond acceptors (Lipinski definition) is 5. The summed E-state index contributed by atoms with van der Waals surface area (Å²) >= 11 is 5.27. The van der Waals surface area contributed by atoms with E-state index in [1.165, 1.54) is 0 Å². The molecule has 0 aliphatic heterocycles. The molecule has 0 fully saturated rings. The molecule has 0 aliphatic rings. The molecule has 3 aromatic rings. The zero-order valence-corrected chi connectivity index (χ0v) is 19.3. The molecule has 7 nitrogen and oxygen atoms in total. The number of amides is 2. The molecule has 3 rings (SSSR count). The fourth-order valence-corrected chi connectivity index (χ4v) is 3.14. The zero-order valence-electron chi connectivity index (χ0n) is 18.5. The van der Waals surface area contributed by atoms with Crippen molar-refractivity contribution in [2.24, 2.45) is 0 Å². The molecule has 8 heteroatoms. The van der Waals surface area contributed by atoms with Gasteiger partial charge in [-0.25, -0.2) is 0 Å². The van der Waals surface area contributed by atoms with Crippen molar-refractivity contribution in [1.82, 2.24) is 10.6 Å². The number of ether oxygens (including phenoxy) is 2. The van der Waals surface area contributed by atoms with Crippen molar-refractivity contribution in [2.75, 3.05) is 25.1 Å². The molecule has 0 atom stereocenters. The van der Waals surface area contributed by atoms with Gasteiger partial charge in [0, 0.05) is 12.1 Å². The van der Waals surface area contributed by atoms with Gasteiger partial charge in [0.25, 0.3) is 11.8 Å². The van der Waals surface area contributed by atoms with E-state index >= 15 is 0 Å². The Kier molecular flexibility index (Phi) is 9.19. The molecule has 0 unspecified atom stereocenters. The first-order valence-corrected chi connectivity index (χ1v) is 11.0. The number of nitrogens with one attached hydrogen (secondary N) is 3. The van der Waals surface area contributed by atoms with Gasteiger partial charge in [-0.15, -0.1) is 6.58 Å². The van der Waals surface area contributed by atoms with Gasteiger partial charge in [-0.2, -0.15) is 0 Å². The lowest BCUT2D eigenvalue weighted by Crippen LogP contribution is -2.35. The monoisotopic (exact) mass is 475 g/mol. The molecule has 174 valence electrons. The Hall–Kier alpha value is -4.17. The molecule has 2 amide bonds. The van der Waals surface area contributed by atoms with Crippen LogP contribution in [0.2, 0.25) is 0 Å². The Morgan fingerprint density at radius 3 is 2.29 bits per heavy atom.